The van der Waals surface area contributed by atoms with Crippen molar-refractivity contribution in [2.24, 2.45) is 0 Å². The summed E-state index contributed by atoms with van der Waals surface area (Å²) in [6, 6.07) is 10.2. The zero-order chi connectivity index (χ0) is 13.7. The monoisotopic (exact) mass is 278 g/mol. The van der Waals surface area contributed by atoms with Crippen molar-refractivity contribution < 1.29 is 4.79 Å². The first-order chi connectivity index (χ1) is 9.19. The number of benzene rings is 1. The van der Waals surface area contributed by atoms with Crippen LogP contribution in [-0.2, 0) is 4.79 Å². The summed E-state index contributed by atoms with van der Waals surface area (Å²) in [5.41, 5.74) is 0.870. The van der Waals surface area contributed by atoms with Crippen LogP contribution >= 0.6 is 11.8 Å². The molecule has 2 atom stereocenters. The van der Waals surface area contributed by atoms with Gasteiger partial charge in [-0.3, -0.25) is 9.69 Å². The SMILES string of the molecule is CS[C@@H]1CC[C@H](N(C)CC(=O)Nc2ccccc2)C1. The summed E-state index contributed by atoms with van der Waals surface area (Å²) < 4.78 is 0. The highest BCUT2D eigenvalue weighted by Crippen LogP contribution is 2.30. The van der Waals surface area contributed by atoms with Crippen molar-refractivity contribution in [1.82, 2.24) is 4.90 Å². The Morgan fingerprint density at radius 2 is 2.11 bits per heavy atom. The molecule has 0 radical (unpaired) electrons. The Bertz CT molecular complexity index is 410. The lowest BCUT2D eigenvalue weighted by atomic mass is 10.2. The fraction of sp³-hybridized carbons (Fsp3) is 0.533. The standard InChI is InChI=1S/C15H22N2OS/c1-17(13-8-9-14(10-13)19-2)11-15(18)16-12-6-4-3-5-7-12/h3-7,13-14H,8-11H2,1-2H3,(H,16,18)/t13-,14+/m0/s1. The summed E-state index contributed by atoms with van der Waals surface area (Å²) in [5.74, 6) is 0.0706. The number of anilines is 1. The molecular weight excluding hydrogens is 256 g/mol. The van der Waals surface area contributed by atoms with Crippen LogP contribution in [0.5, 0.6) is 0 Å². The van der Waals surface area contributed by atoms with E-state index in [4.69, 9.17) is 0 Å². The van der Waals surface area contributed by atoms with Crippen LogP contribution < -0.4 is 5.32 Å². The number of para-hydroxylation sites is 1. The average molecular weight is 278 g/mol. The molecule has 0 aromatic heterocycles. The minimum absolute atomic E-state index is 0.0706. The van der Waals surface area contributed by atoms with Crippen LogP contribution in [0.4, 0.5) is 5.69 Å². The van der Waals surface area contributed by atoms with Crippen molar-refractivity contribution in [2.45, 2.75) is 30.6 Å². The molecule has 0 bridgehead atoms. The van der Waals surface area contributed by atoms with E-state index in [9.17, 15) is 4.79 Å². The summed E-state index contributed by atoms with van der Waals surface area (Å²) in [6.07, 6.45) is 5.86. The highest BCUT2D eigenvalue weighted by molar-refractivity contribution is 7.99. The Labute approximate surface area is 119 Å². The predicted octanol–water partition coefficient (Wildman–Crippen LogP) is 2.84. The van der Waals surface area contributed by atoms with E-state index in [1.165, 1.54) is 19.3 Å². The van der Waals surface area contributed by atoms with E-state index in [0.717, 1.165) is 10.9 Å². The maximum absolute atomic E-state index is 12.0. The molecule has 1 amide bonds. The van der Waals surface area contributed by atoms with Gasteiger partial charge in [0.05, 0.1) is 6.54 Å². The molecule has 0 spiro atoms. The van der Waals surface area contributed by atoms with Crippen LogP contribution in [0.1, 0.15) is 19.3 Å². The normalized spacial score (nSPS) is 22.7. The quantitative estimate of drug-likeness (QED) is 0.899. The van der Waals surface area contributed by atoms with Gasteiger partial charge in [-0.2, -0.15) is 11.8 Å². The second-order valence-electron chi connectivity index (χ2n) is 5.15. The second-order valence-corrected chi connectivity index (χ2v) is 6.29. The third-order valence-corrected chi connectivity index (χ3v) is 4.86. The largest absolute Gasteiger partial charge is 0.325 e. The molecule has 0 heterocycles. The lowest BCUT2D eigenvalue weighted by Gasteiger charge is -2.23. The third kappa shape index (κ3) is 4.25. The van der Waals surface area contributed by atoms with E-state index in [-0.39, 0.29) is 5.91 Å². The number of amides is 1. The summed E-state index contributed by atoms with van der Waals surface area (Å²) >= 11 is 1.95. The molecular formula is C15H22N2OS. The average Bonchev–Trinajstić information content (AvgIpc) is 2.88. The van der Waals surface area contributed by atoms with Gasteiger partial charge in [-0.15, -0.1) is 0 Å². The Morgan fingerprint density at radius 1 is 1.37 bits per heavy atom. The van der Waals surface area contributed by atoms with Crippen molar-refractivity contribution >= 4 is 23.4 Å². The number of thioether (sulfide) groups is 1. The smallest absolute Gasteiger partial charge is 0.238 e. The highest BCUT2D eigenvalue weighted by atomic mass is 32.2. The van der Waals surface area contributed by atoms with Gasteiger partial charge in [0.1, 0.15) is 0 Å². The molecule has 1 aromatic rings. The first-order valence-electron chi connectivity index (χ1n) is 6.77. The Hall–Kier alpha value is -1.00. The number of likely N-dealkylation sites (N-methyl/N-ethyl adjacent to an activating group) is 1. The molecule has 1 aliphatic rings. The van der Waals surface area contributed by atoms with Crippen LogP contribution in [-0.4, -0.2) is 41.9 Å². The van der Waals surface area contributed by atoms with Crippen LogP contribution in [0.15, 0.2) is 30.3 Å². The summed E-state index contributed by atoms with van der Waals surface area (Å²) in [5, 5.41) is 3.70. The van der Waals surface area contributed by atoms with Gasteiger partial charge >= 0.3 is 0 Å². The first kappa shape index (κ1) is 14.4. The number of hydrogen-bond donors (Lipinski definition) is 1. The lowest BCUT2D eigenvalue weighted by molar-refractivity contribution is -0.117. The number of rotatable bonds is 5. The van der Waals surface area contributed by atoms with Gasteiger partial charge in [-0.05, 0) is 44.7 Å². The van der Waals surface area contributed by atoms with Crippen molar-refractivity contribution in [3.05, 3.63) is 30.3 Å². The van der Waals surface area contributed by atoms with Crippen molar-refractivity contribution in [2.75, 3.05) is 25.2 Å². The Morgan fingerprint density at radius 3 is 2.74 bits per heavy atom. The molecule has 0 unspecified atom stereocenters. The molecule has 1 N–H and O–H groups in total. The first-order valence-corrected chi connectivity index (χ1v) is 8.05. The fourth-order valence-corrected chi connectivity index (χ4v) is 3.40. The Kier molecular flexibility index (Phi) is 5.28. The Balaban J connectivity index is 1.79. The molecule has 19 heavy (non-hydrogen) atoms. The highest BCUT2D eigenvalue weighted by Gasteiger charge is 2.27. The van der Waals surface area contributed by atoms with Crippen molar-refractivity contribution in [3.8, 4) is 0 Å². The molecule has 4 heteroatoms. The zero-order valence-electron chi connectivity index (χ0n) is 11.6. The van der Waals surface area contributed by atoms with E-state index in [1.807, 2.05) is 42.1 Å². The van der Waals surface area contributed by atoms with Gasteiger partial charge in [0.2, 0.25) is 5.91 Å². The number of nitrogens with one attached hydrogen (secondary N) is 1. The van der Waals surface area contributed by atoms with E-state index in [0.29, 0.717) is 12.6 Å². The van der Waals surface area contributed by atoms with E-state index in [2.05, 4.69) is 23.5 Å². The molecule has 1 aliphatic carbocycles. The molecule has 0 aliphatic heterocycles. The van der Waals surface area contributed by atoms with Gasteiger partial charge in [0, 0.05) is 17.0 Å². The second kappa shape index (κ2) is 6.96. The van der Waals surface area contributed by atoms with Crippen LogP contribution in [0.3, 0.4) is 0 Å². The van der Waals surface area contributed by atoms with Crippen molar-refractivity contribution in [3.63, 3.8) is 0 Å². The van der Waals surface area contributed by atoms with Gasteiger partial charge < -0.3 is 5.32 Å². The molecule has 104 valence electrons. The minimum Gasteiger partial charge on any atom is -0.325 e. The van der Waals surface area contributed by atoms with E-state index >= 15 is 0 Å². The predicted molar refractivity (Wildman–Crippen MR) is 82.6 cm³/mol. The molecule has 1 aromatic carbocycles. The zero-order valence-corrected chi connectivity index (χ0v) is 12.5. The topological polar surface area (TPSA) is 32.3 Å². The van der Waals surface area contributed by atoms with E-state index in [1.54, 1.807) is 0 Å². The van der Waals surface area contributed by atoms with Crippen molar-refractivity contribution in [1.29, 1.82) is 0 Å². The maximum Gasteiger partial charge on any atom is 0.238 e. The van der Waals surface area contributed by atoms with Crippen LogP contribution in [0, 0.1) is 0 Å². The fourth-order valence-electron chi connectivity index (χ4n) is 2.61. The molecule has 3 nitrogen and oxygen atoms in total. The molecule has 2 rings (SSSR count). The maximum atomic E-state index is 12.0. The number of carbonyl (C=O) groups excluding carboxylic acids is 1. The van der Waals surface area contributed by atoms with Gasteiger partial charge in [-0.1, -0.05) is 18.2 Å². The number of nitrogens with zero attached hydrogens (tertiary/aromatic N) is 1. The summed E-state index contributed by atoms with van der Waals surface area (Å²) in [6.45, 7) is 0.473. The van der Waals surface area contributed by atoms with Crippen LogP contribution in [0.25, 0.3) is 0 Å². The third-order valence-electron chi connectivity index (χ3n) is 3.76. The number of hydrogen-bond acceptors (Lipinski definition) is 3. The molecule has 1 saturated carbocycles. The molecule has 0 saturated heterocycles. The summed E-state index contributed by atoms with van der Waals surface area (Å²) in [4.78, 5) is 14.2. The number of carbonyl (C=O) groups is 1. The molecule has 1 fully saturated rings. The van der Waals surface area contributed by atoms with E-state index < -0.39 is 0 Å². The summed E-state index contributed by atoms with van der Waals surface area (Å²) in [7, 11) is 2.05. The van der Waals surface area contributed by atoms with Gasteiger partial charge in [0.15, 0.2) is 0 Å². The van der Waals surface area contributed by atoms with Gasteiger partial charge in [-0.25, -0.2) is 0 Å². The van der Waals surface area contributed by atoms with Crippen LogP contribution in [0.2, 0.25) is 0 Å². The minimum atomic E-state index is 0.0706. The van der Waals surface area contributed by atoms with Gasteiger partial charge in [0.25, 0.3) is 0 Å². The lowest BCUT2D eigenvalue weighted by Crippen LogP contribution is -2.36.